The zero-order valence-corrected chi connectivity index (χ0v) is 11.1. The molecule has 1 aromatic heterocycles. The van der Waals surface area contributed by atoms with Gasteiger partial charge >= 0.3 is 5.97 Å². The number of carboxylic acid groups (broad SMARTS) is 1. The van der Waals surface area contributed by atoms with Crippen molar-refractivity contribution in [2.75, 3.05) is 13.2 Å². The maximum Gasteiger partial charge on any atom is 0.328 e. The van der Waals surface area contributed by atoms with Crippen molar-refractivity contribution in [1.29, 1.82) is 0 Å². The molecule has 7 heteroatoms. The van der Waals surface area contributed by atoms with Crippen LogP contribution in [-0.4, -0.2) is 41.2 Å². The van der Waals surface area contributed by atoms with Gasteiger partial charge in [0.25, 0.3) is 0 Å². The molecule has 0 saturated carbocycles. The van der Waals surface area contributed by atoms with Crippen LogP contribution in [-0.2, 0) is 20.7 Å². The monoisotopic (exact) mass is 272 g/mol. The number of carbonyl (C=O) groups is 2. The molecule has 0 aromatic carbocycles. The Morgan fingerprint density at radius 3 is 2.83 bits per heavy atom. The van der Waals surface area contributed by atoms with Crippen LogP contribution in [0.2, 0.25) is 0 Å². The molecule has 0 aliphatic carbocycles. The Morgan fingerprint density at radius 2 is 2.33 bits per heavy atom. The van der Waals surface area contributed by atoms with Crippen LogP contribution in [0.3, 0.4) is 0 Å². The Hall–Kier alpha value is -1.47. The van der Waals surface area contributed by atoms with Crippen LogP contribution in [0, 0.1) is 6.92 Å². The first-order valence-corrected chi connectivity index (χ1v) is 6.35. The largest absolute Gasteiger partial charge is 0.480 e. The number of rotatable bonds is 7. The highest BCUT2D eigenvalue weighted by Gasteiger charge is 2.18. The molecule has 100 valence electrons. The van der Waals surface area contributed by atoms with Crippen molar-refractivity contribution >= 4 is 23.2 Å². The summed E-state index contributed by atoms with van der Waals surface area (Å²) in [5, 5.41) is 11.2. The fraction of sp³-hybridized carbons (Fsp3) is 0.545. The molecule has 1 rings (SSSR count). The van der Waals surface area contributed by atoms with Gasteiger partial charge in [-0.25, -0.2) is 9.78 Å². The lowest BCUT2D eigenvalue weighted by molar-refractivity contribution is -0.143. The molecule has 0 aliphatic rings. The maximum atomic E-state index is 10.8. The average molecular weight is 272 g/mol. The van der Waals surface area contributed by atoms with Crippen molar-refractivity contribution in [2.45, 2.75) is 26.3 Å². The van der Waals surface area contributed by atoms with Crippen LogP contribution < -0.4 is 5.32 Å². The molecule has 1 unspecified atom stereocenters. The van der Waals surface area contributed by atoms with Crippen molar-refractivity contribution in [3.8, 4) is 0 Å². The van der Waals surface area contributed by atoms with Gasteiger partial charge in [0.15, 0.2) is 6.04 Å². The lowest BCUT2D eigenvalue weighted by atomic mass is 10.3. The molecule has 1 aromatic rings. The highest BCUT2D eigenvalue weighted by molar-refractivity contribution is 7.09. The van der Waals surface area contributed by atoms with Crippen molar-refractivity contribution in [1.82, 2.24) is 10.3 Å². The zero-order chi connectivity index (χ0) is 13.5. The summed E-state index contributed by atoms with van der Waals surface area (Å²) in [5.41, 5.74) is 2.74. The normalized spacial score (nSPS) is 12.1. The number of carbonyl (C=O) groups excluding carboxylic acids is 1. The smallest absolute Gasteiger partial charge is 0.328 e. The van der Waals surface area contributed by atoms with E-state index >= 15 is 0 Å². The first-order valence-electron chi connectivity index (χ1n) is 5.47. The Kier molecular flexibility index (Phi) is 5.73. The van der Waals surface area contributed by atoms with Gasteiger partial charge in [-0.1, -0.05) is 0 Å². The van der Waals surface area contributed by atoms with E-state index in [0.29, 0.717) is 13.0 Å². The Labute approximate surface area is 109 Å². The molecular formula is C11H16N2O4S. The van der Waals surface area contributed by atoms with Gasteiger partial charge in [0, 0.05) is 18.2 Å². The maximum absolute atomic E-state index is 10.8. The second kappa shape index (κ2) is 7.07. The van der Waals surface area contributed by atoms with Crippen LogP contribution in [0.4, 0.5) is 0 Å². The predicted octanol–water partition coefficient (Wildman–Crippen LogP) is 0.600. The molecule has 0 fully saturated rings. The summed E-state index contributed by atoms with van der Waals surface area (Å²) in [5.74, 6) is -1.48. The average Bonchev–Trinajstić information content (AvgIpc) is 2.68. The minimum atomic E-state index is -1.10. The number of ether oxygens (including phenoxy) is 1. The Bertz CT molecular complexity index is 419. The first kappa shape index (κ1) is 14.6. The van der Waals surface area contributed by atoms with Gasteiger partial charge in [-0.15, -0.1) is 11.3 Å². The summed E-state index contributed by atoms with van der Waals surface area (Å²) >= 11 is 1.55. The van der Waals surface area contributed by atoms with Crippen molar-refractivity contribution < 1.29 is 19.4 Å². The second-order valence-electron chi connectivity index (χ2n) is 3.78. The molecule has 0 radical (unpaired) electrons. The Morgan fingerprint density at radius 1 is 1.61 bits per heavy atom. The van der Waals surface area contributed by atoms with E-state index in [4.69, 9.17) is 9.84 Å². The second-order valence-corrected chi connectivity index (χ2v) is 4.72. The number of aryl methyl sites for hydroxylation is 1. The molecule has 1 atom stereocenters. The van der Waals surface area contributed by atoms with E-state index in [0.717, 1.165) is 10.6 Å². The summed E-state index contributed by atoms with van der Waals surface area (Å²) in [7, 11) is 0. The SMILES string of the molecule is CC(=O)NC(COCCc1scnc1C)C(=O)O. The van der Waals surface area contributed by atoms with Gasteiger partial charge in [-0.05, 0) is 6.92 Å². The number of aromatic nitrogens is 1. The fourth-order valence-electron chi connectivity index (χ4n) is 1.35. The summed E-state index contributed by atoms with van der Waals surface area (Å²) in [4.78, 5) is 26.8. The highest BCUT2D eigenvalue weighted by atomic mass is 32.1. The third-order valence-corrected chi connectivity index (χ3v) is 3.27. The standard InChI is InChI=1S/C11H16N2O4S/c1-7-10(18-6-12-7)3-4-17-5-9(11(15)16)13-8(2)14/h6,9H,3-5H2,1-2H3,(H,13,14)(H,15,16). The predicted molar refractivity (Wildman–Crippen MR) is 66.6 cm³/mol. The number of thiazole rings is 1. The number of nitrogens with one attached hydrogen (secondary N) is 1. The lowest BCUT2D eigenvalue weighted by Crippen LogP contribution is -2.43. The summed E-state index contributed by atoms with van der Waals surface area (Å²) in [6.07, 6.45) is 0.697. The van der Waals surface area contributed by atoms with Crippen LogP contribution in [0.1, 0.15) is 17.5 Å². The molecule has 1 heterocycles. The lowest BCUT2D eigenvalue weighted by Gasteiger charge is -2.13. The number of aliphatic carboxylic acids is 1. The zero-order valence-electron chi connectivity index (χ0n) is 10.3. The van der Waals surface area contributed by atoms with E-state index in [9.17, 15) is 9.59 Å². The number of nitrogens with zero attached hydrogens (tertiary/aromatic N) is 1. The van der Waals surface area contributed by atoms with E-state index in [-0.39, 0.29) is 12.5 Å². The first-order chi connectivity index (χ1) is 8.50. The van der Waals surface area contributed by atoms with Crippen LogP contribution in [0.25, 0.3) is 0 Å². The van der Waals surface area contributed by atoms with E-state index in [1.54, 1.807) is 16.8 Å². The molecule has 6 nitrogen and oxygen atoms in total. The van der Waals surface area contributed by atoms with Gasteiger partial charge in [0.1, 0.15) is 0 Å². The minimum Gasteiger partial charge on any atom is -0.480 e. The van der Waals surface area contributed by atoms with E-state index in [2.05, 4.69) is 10.3 Å². The summed E-state index contributed by atoms with van der Waals surface area (Å²) in [6, 6.07) is -0.995. The molecule has 2 N–H and O–H groups in total. The van der Waals surface area contributed by atoms with Crippen molar-refractivity contribution in [3.63, 3.8) is 0 Å². The third-order valence-electron chi connectivity index (χ3n) is 2.28. The summed E-state index contributed by atoms with van der Waals surface area (Å²) in [6.45, 7) is 3.57. The minimum absolute atomic E-state index is 0.0350. The van der Waals surface area contributed by atoms with Crippen molar-refractivity contribution in [2.24, 2.45) is 0 Å². The van der Waals surface area contributed by atoms with Gasteiger partial charge in [-0.2, -0.15) is 0 Å². The van der Waals surface area contributed by atoms with E-state index < -0.39 is 12.0 Å². The van der Waals surface area contributed by atoms with E-state index in [1.165, 1.54) is 6.92 Å². The number of hydrogen-bond donors (Lipinski definition) is 2. The number of hydrogen-bond acceptors (Lipinski definition) is 5. The number of amides is 1. The van der Waals surface area contributed by atoms with E-state index in [1.807, 2.05) is 6.92 Å². The fourth-order valence-corrected chi connectivity index (χ4v) is 2.11. The van der Waals surface area contributed by atoms with Crippen LogP contribution >= 0.6 is 11.3 Å². The molecule has 0 aliphatic heterocycles. The molecule has 18 heavy (non-hydrogen) atoms. The van der Waals surface area contributed by atoms with Gasteiger partial charge in [0.2, 0.25) is 5.91 Å². The van der Waals surface area contributed by atoms with Gasteiger partial charge in [-0.3, -0.25) is 4.79 Å². The van der Waals surface area contributed by atoms with Gasteiger partial charge < -0.3 is 15.2 Å². The van der Waals surface area contributed by atoms with Crippen LogP contribution in [0.15, 0.2) is 5.51 Å². The molecular weight excluding hydrogens is 256 g/mol. The highest BCUT2D eigenvalue weighted by Crippen LogP contribution is 2.12. The topological polar surface area (TPSA) is 88.5 Å². The molecule has 0 spiro atoms. The van der Waals surface area contributed by atoms with Crippen molar-refractivity contribution in [3.05, 3.63) is 16.1 Å². The Balaban J connectivity index is 2.29. The molecule has 1 amide bonds. The van der Waals surface area contributed by atoms with Crippen LogP contribution in [0.5, 0.6) is 0 Å². The quantitative estimate of drug-likeness (QED) is 0.710. The van der Waals surface area contributed by atoms with Gasteiger partial charge in [0.05, 0.1) is 24.4 Å². The third kappa shape index (κ3) is 4.80. The number of carboxylic acids is 1. The summed E-state index contributed by atoms with van der Waals surface area (Å²) < 4.78 is 5.27. The molecule has 0 bridgehead atoms. The molecule has 0 saturated heterocycles.